The molecular formula is C14H8ClN3O. The first-order chi connectivity index (χ1) is 9.22. The number of H-pyrrole nitrogens is 1. The molecule has 2 aliphatic rings. The molecule has 1 aliphatic carbocycles. The highest BCUT2D eigenvalue weighted by atomic mass is 35.5. The molecule has 5 heteroatoms. The number of rotatable bonds is 0. The van der Waals surface area contributed by atoms with E-state index in [0.29, 0.717) is 5.02 Å². The van der Waals surface area contributed by atoms with E-state index < -0.39 is 0 Å². The van der Waals surface area contributed by atoms with E-state index in [1.54, 1.807) is 6.20 Å². The highest BCUT2D eigenvalue weighted by Gasteiger charge is 2.25. The Bertz CT molecular complexity index is 911. The molecule has 1 unspecified atom stereocenters. The van der Waals surface area contributed by atoms with Gasteiger partial charge < -0.3 is 4.98 Å². The summed E-state index contributed by atoms with van der Waals surface area (Å²) in [5, 5.41) is 2.61. The number of hydrogen-bond donors (Lipinski definition) is 1. The highest BCUT2D eigenvalue weighted by Crippen LogP contribution is 2.33. The molecule has 0 spiro atoms. The molecule has 1 aromatic carbocycles. The van der Waals surface area contributed by atoms with Crippen LogP contribution in [-0.4, -0.2) is 9.97 Å². The Morgan fingerprint density at radius 2 is 2.16 bits per heavy atom. The summed E-state index contributed by atoms with van der Waals surface area (Å²) in [7, 11) is 0. The molecule has 0 saturated heterocycles. The Morgan fingerprint density at radius 3 is 3.05 bits per heavy atom. The minimum atomic E-state index is -0.349. The summed E-state index contributed by atoms with van der Waals surface area (Å²) in [6, 6.07) is 5.46. The molecule has 1 aromatic heterocycles. The van der Waals surface area contributed by atoms with Crippen molar-refractivity contribution in [1.82, 2.24) is 9.97 Å². The van der Waals surface area contributed by atoms with Gasteiger partial charge in [-0.2, -0.15) is 0 Å². The second kappa shape index (κ2) is 3.65. The number of nitrogens with zero attached hydrogens (tertiary/aromatic N) is 2. The van der Waals surface area contributed by atoms with E-state index in [1.165, 1.54) is 0 Å². The van der Waals surface area contributed by atoms with Gasteiger partial charge in [0.05, 0.1) is 11.1 Å². The van der Waals surface area contributed by atoms with Gasteiger partial charge in [0.1, 0.15) is 6.04 Å². The van der Waals surface area contributed by atoms with Crippen LogP contribution in [0, 0.1) is 0 Å². The van der Waals surface area contributed by atoms with Gasteiger partial charge in [0.2, 0.25) is 0 Å². The minimum absolute atomic E-state index is 0.163. The SMILES string of the molecule is O=c1ncc2c([nH]1)C1N=c3ccc(Cl)cc3=C1C=C2. The molecule has 4 nitrogen and oxygen atoms in total. The molecule has 0 amide bonds. The minimum Gasteiger partial charge on any atom is -0.307 e. The molecule has 1 atom stereocenters. The van der Waals surface area contributed by atoms with Gasteiger partial charge in [-0.3, -0.25) is 4.99 Å². The van der Waals surface area contributed by atoms with Crippen molar-refractivity contribution < 1.29 is 0 Å². The standard InChI is InChI=1S/C14H8ClN3O/c15-8-2-4-11-10(5-8)9-3-1-7-6-16-14(19)18-12(7)13(9)17-11/h1-6,13H,(H,16,18,19). The van der Waals surface area contributed by atoms with Gasteiger partial charge in [-0.15, -0.1) is 0 Å². The Morgan fingerprint density at radius 1 is 1.26 bits per heavy atom. The Balaban J connectivity index is 2.08. The number of nitrogens with one attached hydrogen (secondary N) is 1. The number of benzene rings is 1. The fourth-order valence-corrected chi connectivity index (χ4v) is 2.74. The number of aromatic nitrogens is 2. The van der Waals surface area contributed by atoms with Crippen LogP contribution in [0.3, 0.4) is 0 Å². The largest absolute Gasteiger partial charge is 0.345 e. The van der Waals surface area contributed by atoms with Gasteiger partial charge in [0.15, 0.2) is 0 Å². The van der Waals surface area contributed by atoms with E-state index >= 15 is 0 Å². The Kier molecular flexibility index (Phi) is 2.05. The Labute approximate surface area is 112 Å². The van der Waals surface area contributed by atoms with Crippen molar-refractivity contribution in [3.05, 3.63) is 67.8 Å². The molecule has 2 heterocycles. The third-order valence-electron chi connectivity index (χ3n) is 3.42. The van der Waals surface area contributed by atoms with Crippen molar-refractivity contribution in [3.8, 4) is 0 Å². The summed E-state index contributed by atoms with van der Waals surface area (Å²) >= 11 is 6.03. The van der Waals surface area contributed by atoms with Gasteiger partial charge >= 0.3 is 5.69 Å². The van der Waals surface area contributed by atoms with Crippen LogP contribution in [0.1, 0.15) is 17.3 Å². The molecule has 1 aliphatic heterocycles. The summed E-state index contributed by atoms with van der Waals surface area (Å²) in [5.41, 5.74) is 2.41. The molecule has 4 rings (SSSR count). The fourth-order valence-electron chi connectivity index (χ4n) is 2.56. The van der Waals surface area contributed by atoms with Crippen molar-refractivity contribution in [2.24, 2.45) is 4.99 Å². The third kappa shape index (κ3) is 1.50. The van der Waals surface area contributed by atoms with Crippen LogP contribution in [-0.2, 0) is 0 Å². The fraction of sp³-hybridized carbons (Fsp3) is 0.0714. The number of fused-ring (bicyclic) bond motifs is 4. The average molecular weight is 270 g/mol. The molecule has 0 fully saturated rings. The topological polar surface area (TPSA) is 58.1 Å². The van der Waals surface area contributed by atoms with Crippen LogP contribution in [0.2, 0.25) is 5.02 Å². The highest BCUT2D eigenvalue weighted by molar-refractivity contribution is 6.30. The second-order valence-electron chi connectivity index (χ2n) is 4.54. The van der Waals surface area contributed by atoms with Crippen LogP contribution in [0.15, 0.2) is 40.3 Å². The molecule has 0 bridgehead atoms. The lowest BCUT2D eigenvalue weighted by Crippen LogP contribution is -2.22. The zero-order valence-corrected chi connectivity index (χ0v) is 10.5. The van der Waals surface area contributed by atoms with E-state index in [4.69, 9.17) is 11.6 Å². The average Bonchev–Trinajstić information content (AvgIpc) is 2.77. The summed E-state index contributed by atoms with van der Waals surface area (Å²) in [4.78, 5) is 22.6. The first kappa shape index (κ1) is 10.7. The maximum Gasteiger partial charge on any atom is 0.345 e. The zero-order chi connectivity index (χ0) is 13.0. The number of aromatic amines is 1. The number of hydrogen-bond acceptors (Lipinski definition) is 3. The first-order valence-electron chi connectivity index (χ1n) is 5.87. The van der Waals surface area contributed by atoms with Crippen LogP contribution < -0.4 is 16.3 Å². The van der Waals surface area contributed by atoms with Gasteiger partial charge in [-0.05, 0) is 23.8 Å². The summed E-state index contributed by atoms with van der Waals surface area (Å²) in [5.74, 6) is 0. The van der Waals surface area contributed by atoms with E-state index in [9.17, 15) is 4.79 Å². The predicted molar refractivity (Wildman–Crippen MR) is 72.3 cm³/mol. The molecule has 2 aromatic rings. The van der Waals surface area contributed by atoms with Gasteiger partial charge in [-0.25, -0.2) is 9.78 Å². The molecule has 92 valence electrons. The van der Waals surface area contributed by atoms with Gasteiger partial charge in [0, 0.05) is 22.0 Å². The van der Waals surface area contributed by atoms with E-state index in [0.717, 1.165) is 27.4 Å². The third-order valence-corrected chi connectivity index (χ3v) is 3.66. The van der Waals surface area contributed by atoms with Crippen LogP contribution in [0.25, 0.3) is 11.6 Å². The molecule has 19 heavy (non-hydrogen) atoms. The lowest BCUT2D eigenvalue weighted by molar-refractivity contribution is 0.838. The molecule has 1 N–H and O–H groups in total. The first-order valence-corrected chi connectivity index (χ1v) is 6.25. The van der Waals surface area contributed by atoms with E-state index in [2.05, 4.69) is 15.0 Å². The van der Waals surface area contributed by atoms with Gasteiger partial charge in [0.25, 0.3) is 0 Å². The lowest BCUT2D eigenvalue weighted by Gasteiger charge is -2.17. The molecule has 0 saturated carbocycles. The lowest BCUT2D eigenvalue weighted by atomic mass is 9.94. The predicted octanol–water partition coefficient (Wildman–Crippen LogP) is 0.975. The van der Waals surface area contributed by atoms with Crippen LogP contribution in [0.4, 0.5) is 0 Å². The van der Waals surface area contributed by atoms with Crippen molar-refractivity contribution in [3.63, 3.8) is 0 Å². The quantitative estimate of drug-likeness (QED) is 0.775. The summed E-state index contributed by atoms with van der Waals surface area (Å²) in [6.45, 7) is 0. The molecular weight excluding hydrogens is 262 g/mol. The van der Waals surface area contributed by atoms with E-state index in [1.807, 2.05) is 30.4 Å². The van der Waals surface area contributed by atoms with Crippen molar-refractivity contribution in [1.29, 1.82) is 0 Å². The second-order valence-corrected chi connectivity index (χ2v) is 4.98. The van der Waals surface area contributed by atoms with Crippen molar-refractivity contribution >= 4 is 23.3 Å². The Hall–Kier alpha value is -2.20. The van der Waals surface area contributed by atoms with Crippen molar-refractivity contribution in [2.75, 3.05) is 0 Å². The van der Waals surface area contributed by atoms with Gasteiger partial charge in [-0.1, -0.05) is 23.8 Å². The summed E-state index contributed by atoms with van der Waals surface area (Å²) in [6.07, 6.45) is 5.53. The van der Waals surface area contributed by atoms with E-state index in [-0.39, 0.29) is 11.7 Å². The van der Waals surface area contributed by atoms with Crippen LogP contribution in [0.5, 0.6) is 0 Å². The smallest absolute Gasteiger partial charge is 0.307 e. The summed E-state index contributed by atoms with van der Waals surface area (Å²) < 4.78 is 0. The number of halogens is 1. The normalized spacial score (nSPS) is 18.6. The molecule has 0 radical (unpaired) electrons. The van der Waals surface area contributed by atoms with Crippen molar-refractivity contribution in [2.45, 2.75) is 6.04 Å². The van der Waals surface area contributed by atoms with Crippen LogP contribution >= 0.6 is 11.6 Å². The monoisotopic (exact) mass is 269 g/mol. The maximum absolute atomic E-state index is 11.4. The zero-order valence-electron chi connectivity index (χ0n) is 9.72. The maximum atomic E-state index is 11.4.